The largest absolute Gasteiger partial charge is 0.465 e. The standard InChI is InChI=1S/C16H20N2O3/c1-21-14(19)11-5-6-12-13(9-11)18-15(20)16(10-17-12)7-3-2-4-8-16/h5-6,9,17H,2-4,7-8,10H2,1H3,(H,18,20). The Morgan fingerprint density at radius 2 is 1.95 bits per heavy atom. The quantitative estimate of drug-likeness (QED) is 0.780. The summed E-state index contributed by atoms with van der Waals surface area (Å²) in [5.41, 5.74) is 1.64. The van der Waals surface area contributed by atoms with Gasteiger partial charge in [-0.3, -0.25) is 4.79 Å². The molecule has 1 saturated carbocycles. The maximum absolute atomic E-state index is 12.6. The summed E-state index contributed by atoms with van der Waals surface area (Å²) >= 11 is 0. The van der Waals surface area contributed by atoms with Crippen LogP contribution >= 0.6 is 0 Å². The van der Waals surface area contributed by atoms with E-state index in [0.717, 1.165) is 31.4 Å². The first-order valence-corrected chi connectivity index (χ1v) is 7.42. The summed E-state index contributed by atoms with van der Waals surface area (Å²) in [4.78, 5) is 24.2. The van der Waals surface area contributed by atoms with Crippen LogP contribution in [-0.4, -0.2) is 25.5 Å². The number of benzene rings is 1. The Kier molecular flexibility index (Phi) is 3.57. The second kappa shape index (κ2) is 5.39. The molecule has 3 rings (SSSR count). The minimum atomic E-state index is -0.399. The lowest BCUT2D eigenvalue weighted by atomic mass is 9.73. The van der Waals surface area contributed by atoms with Crippen molar-refractivity contribution in [1.82, 2.24) is 0 Å². The molecule has 21 heavy (non-hydrogen) atoms. The Labute approximate surface area is 124 Å². The van der Waals surface area contributed by atoms with Crippen molar-refractivity contribution in [3.05, 3.63) is 23.8 Å². The molecule has 1 amide bonds. The summed E-state index contributed by atoms with van der Waals surface area (Å²) in [6, 6.07) is 5.21. The summed E-state index contributed by atoms with van der Waals surface area (Å²) in [6.07, 6.45) is 5.24. The lowest BCUT2D eigenvalue weighted by molar-refractivity contribution is -0.126. The van der Waals surface area contributed by atoms with Crippen molar-refractivity contribution >= 4 is 23.3 Å². The van der Waals surface area contributed by atoms with Gasteiger partial charge in [0.2, 0.25) is 5.91 Å². The SMILES string of the molecule is COC(=O)c1ccc2c(c1)NC(=O)C1(CCCCC1)CN2. The van der Waals surface area contributed by atoms with Crippen LogP contribution in [0.25, 0.3) is 0 Å². The molecule has 1 aromatic rings. The number of carbonyl (C=O) groups is 2. The fourth-order valence-electron chi connectivity index (χ4n) is 3.28. The molecule has 0 aromatic heterocycles. The van der Waals surface area contributed by atoms with E-state index >= 15 is 0 Å². The van der Waals surface area contributed by atoms with Crippen molar-refractivity contribution in [3.63, 3.8) is 0 Å². The Balaban J connectivity index is 1.90. The van der Waals surface area contributed by atoms with Gasteiger partial charge in [0.25, 0.3) is 0 Å². The van der Waals surface area contributed by atoms with Crippen molar-refractivity contribution in [2.75, 3.05) is 24.3 Å². The molecule has 1 aliphatic carbocycles. The summed E-state index contributed by atoms with van der Waals surface area (Å²) in [5.74, 6) is -0.334. The molecule has 2 N–H and O–H groups in total. The molecule has 0 atom stereocenters. The van der Waals surface area contributed by atoms with Gasteiger partial charge >= 0.3 is 5.97 Å². The van der Waals surface area contributed by atoms with Crippen molar-refractivity contribution in [2.24, 2.45) is 5.41 Å². The van der Waals surface area contributed by atoms with Crippen LogP contribution in [0.3, 0.4) is 0 Å². The van der Waals surface area contributed by atoms with Gasteiger partial charge in [0.1, 0.15) is 0 Å². The van der Waals surface area contributed by atoms with Crippen LogP contribution < -0.4 is 10.6 Å². The number of rotatable bonds is 1. The first-order valence-electron chi connectivity index (χ1n) is 7.42. The van der Waals surface area contributed by atoms with E-state index in [1.165, 1.54) is 13.5 Å². The first kappa shape index (κ1) is 13.9. The molecule has 2 aliphatic rings. The average Bonchev–Trinajstić information content (AvgIpc) is 2.65. The molecule has 0 radical (unpaired) electrons. The van der Waals surface area contributed by atoms with Crippen LogP contribution in [0.4, 0.5) is 11.4 Å². The number of carbonyl (C=O) groups excluding carboxylic acids is 2. The lowest BCUT2D eigenvalue weighted by Gasteiger charge is -2.34. The topological polar surface area (TPSA) is 67.4 Å². The number of ether oxygens (including phenoxy) is 1. The highest BCUT2D eigenvalue weighted by atomic mass is 16.5. The van der Waals surface area contributed by atoms with E-state index < -0.39 is 5.97 Å². The number of anilines is 2. The van der Waals surface area contributed by atoms with Crippen LogP contribution in [0.15, 0.2) is 18.2 Å². The smallest absolute Gasteiger partial charge is 0.337 e. The van der Waals surface area contributed by atoms with Crippen LogP contribution in [0.2, 0.25) is 0 Å². The van der Waals surface area contributed by atoms with Gasteiger partial charge in [0.05, 0.1) is 29.5 Å². The molecule has 1 heterocycles. The molecule has 0 bridgehead atoms. The van der Waals surface area contributed by atoms with Crippen LogP contribution in [0.1, 0.15) is 42.5 Å². The summed E-state index contributed by atoms with van der Waals surface area (Å²) < 4.78 is 4.72. The second-order valence-electron chi connectivity index (χ2n) is 5.90. The molecule has 0 unspecified atom stereocenters. The Morgan fingerprint density at radius 3 is 2.67 bits per heavy atom. The third-order valence-corrected chi connectivity index (χ3v) is 4.60. The maximum atomic E-state index is 12.6. The predicted molar refractivity (Wildman–Crippen MR) is 80.4 cm³/mol. The maximum Gasteiger partial charge on any atom is 0.337 e. The molecule has 1 aromatic carbocycles. The number of fused-ring (bicyclic) bond motifs is 1. The fraction of sp³-hybridized carbons (Fsp3) is 0.500. The third kappa shape index (κ3) is 2.48. The minimum Gasteiger partial charge on any atom is -0.465 e. The number of esters is 1. The molecule has 0 saturated heterocycles. The number of hydrogen-bond acceptors (Lipinski definition) is 4. The number of hydrogen-bond donors (Lipinski definition) is 2. The van der Waals surface area contributed by atoms with Crippen LogP contribution in [-0.2, 0) is 9.53 Å². The van der Waals surface area contributed by atoms with E-state index in [0.29, 0.717) is 17.8 Å². The molecule has 5 heteroatoms. The Morgan fingerprint density at radius 1 is 1.19 bits per heavy atom. The molecule has 1 aliphatic heterocycles. The highest BCUT2D eigenvalue weighted by molar-refractivity contribution is 6.02. The number of methoxy groups -OCH3 is 1. The van der Waals surface area contributed by atoms with Gasteiger partial charge in [-0.15, -0.1) is 0 Å². The van der Waals surface area contributed by atoms with Crippen molar-refractivity contribution in [1.29, 1.82) is 0 Å². The number of nitrogens with one attached hydrogen (secondary N) is 2. The van der Waals surface area contributed by atoms with Crippen molar-refractivity contribution < 1.29 is 14.3 Å². The molecular formula is C16H20N2O3. The number of amides is 1. The van der Waals surface area contributed by atoms with Gasteiger partial charge in [-0.1, -0.05) is 19.3 Å². The third-order valence-electron chi connectivity index (χ3n) is 4.60. The monoisotopic (exact) mass is 288 g/mol. The lowest BCUT2D eigenvalue weighted by Crippen LogP contribution is -2.41. The minimum absolute atomic E-state index is 0.0652. The van der Waals surface area contributed by atoms with E-state index in [1.54, 1.807) is 12.1 Å². The van der Waals surface area contributed by atoms with Crippen molar-refractivity contribution in [2.45, 2.75) is 32.1 Å². The zero-order valence-corrected chi connectivity index (χ0v) is 12.2. The summed E-state index contributed by atoms with van der Waals surface area (Å²) in [6.45, 7) is 0.656. The first-order chi connectivity index (χ1) is 10.1. The van der Waals surface area contributed by atoms with E-state index in [2.05, 4.69) is 10.6 Å². The second-order valence-corrected chi connectivity index (χ2v) is 5.90. The average molecular weight is 288 g/mol. The molecular weight excluding hydrogens is 268 g/mol. The van der Waals surface area contributed by atoms with E-state index in [9.17, 15) is 9.59 Å². The van der Waals surface area contributed by atoms with E-state index in [-0.39, 0.29) is 11.3 Å². The summed E-state index contributed by atoms with van der Waals surface area (Å²) in [5, 5.41) is 6.36. The van der Waals surface area contributed by atoms with Gasteiger partial charge in [0, 0.05) is 6.54 Å². The Hall–Kier alpha value is -2.04. The van der Waals surface area contributed by atoms with Gasteiger partial charge < -0.3 is 15.4 Å². The van der Waals surface area contributed by atoms with Crippen molar-refractivity contribution in [3.8, 4) is 0 Å². The molecule has 5 nitrogen and oxygen atoms in total. The Bertz CT molecular complexity index is 577. The van der Waals surface area contributed by atoms with E-state index in [4.69, 9.17) is 4.74 Å². The normalized spacial score (nSPS) is 20.0. The van der Waals surface area contributed by atoms with Gasteiger partial charge in [0.15, 0.2) is 0 Å². The van der Waals surface area contributed by atoms with Gasteiger partial charge in [-0.05, 0) is 31.0 Å². The molecule has 1 spiro atoms. The highest BCUT2D eigenvalue weighted by Crippen LogP contribution is 2.40. The fourth-order valence-corrected chi connectivity index (χ4v) is 3.28. The zero-order chi connectivity index (χ0) is 14.9. The predicted octanol–water partition coefficient (Wildman–Crippen LogP) is 2.79. The van der Waals surface area contributed by atoms with Crippen LogP contribution in [0.5, 0.6) is 0 Å². The highest BCUT2D eigenvalue weighted by Gasteiger charge is 2.41. The van der Waals surface area contributed by atoms with Crippen LogP contribution in [0, 0.1) is 5.41 Å². The van der Waals surface area contributed by atoms with Gasteiger partial charge in [-0.2, -0.15) is 0 Å². The molecule has 112 valence electrons. The summed E-state index contributed by atoms with van der Waals surface area (Å²) in [7, 11) is 1.35. The van der Waals surface area contributed by atoms with E-state index in [1.807, 2.05) is 6.07 Å². The molecule has 1 fully saturated rings. The van der Waals surface area contributed by atoms with Gasteiger partial charge in [-0.25, -0.2) is 4.79 Å². The zero-order valence-electron chi connectivity index (χ0n) is 12.2.